The molecule has 1 aliphatic rings. The summed E-state index contributed by atoms with van der Waals surface area (Å²) >= 11 is 0. The number of hydrogen-bond acceptors (Lipinski definition) is 4. The fraction of sp³-hybridized carbons (Fsp3) is 0.375. The molecule has 1 aliphatic heterocycles. The average Bonchev–Trinajstić information content (AvgIpc) is 3.04. The molecule has 0 bridgehead atoms. The lowest BCUT2D eigenvalue weighted by Crippen LogP contribution is -2.27. The summed E-state index contributed by atoms with van der Waals surface area (Å²) in [6.45, 7) is 2.37. The van der Waals surface area contributed by atoms with Crippen LogP contribution < -0.4 is 10.6 Å². The molecule has 0 saturated heterocycles. The number of benzene rings is 1. The number of nitrogens with zero attached hydrogens (tertiary/aromatic N) is 2. The summed E-state index contributed by atoms with van der Waals surface area (Å²) in [6.07, 6.45) is 1.72. The summed E-state index contributed by atoms with van der Waals surface area (Å²) in [6, 6.07) is 10.9. The summed E-state index contributed by atoms with van der Waals surface area (Å²) < 4.78 is 5.46. The van der Waals surface area contributed by atoms with E-state index < -0.39 is 0 Å². The third-order valence-electron chi connectivity index (χ3n) is 3.98. The van der Waals surface area contributed by atoms with Crippen LogP contribution in [0.15, 0.2) is 41.0 Å². The molecule has 2 heterocycles. The number of anilines is 1. The number of hydrogen-bond donors (Lipinski definition) is 1. The van der Waals surface area contributed by atoms with Gasteiger partial charge in [0.05, 0.1) is 12.8 Å². The summed E-state index contributed by atoms with van der Waals surface area (Å²) in [5.74, 6) is 0.990. The van der Waals surface area contributed by atoms with Crippen LogP contribution in [0.2, 0.25) is 0 Å². The van der Waals surface area contributed by atoms with Gasteiger partial charge in [-0.25, -0.2) is 0 Å². The highest BCUT2D eigenvalue weighted by atomic mass is 16.3. The second-order valence-corrected chi connectivity index (χ2v) is 5.51. The van der Waals surface area contributed by atoms with Gasteiger partial charge in [-0.2, -0.15) is 0 Å². The first-order chi connectivity index (χ1) is 9.69. The number of fused-ring (bicyclic) bond motifs is 1. The highest BCUT2D eigenvalue weighted by Gasteiger charge is 2.29. The van der Waals surface area contributed by atoms with Gasteiger partial charge in [-0.05, 0) is 35.4 Å². The predicted octanol–water partition coefficient (Wildman–Crippen LogP) is 2.36. The molecule has 4 nitrogen and oxygen atoms in total. The van der Waals surface area contributed by atoms with Crippen LogP contribution in [-0.2, 0) is 13.1 Å². The molecule has 0 saturated carbocycles. The lowest BCUT2D eigenvalue weighted by molar-refractivity contribution is 0.194. The Morgan fingerprint density at radius 3 is 2.85 bits per heavy atom. The quantitative estimate of drug-likeness (QED) is 0.927. The van der Waals surface area contributed by atoms with Gasteiger partial charge in [-0.1, -0.05) is 6.07 Å². The van der Waals surface area contributed by atoms with Crippen LogP contribution in [0.25, 0.3) is 0 Å². The molecule has 0 fully saturated rings. The maximum atomic E-state index is 6.01. The van der Waals surface area contributed by atoms with Gasteiger partial charge in [-0.3, -0.25) is 4.90 Å². The van der Waals surface area contributed by atoms with Crippen LogP contribution in [0.1, 0.15) is 22.9 Å². The smallest absolute Gasteiger partial charge is 0.117 e. The van der Waals surface area contributed by atoms with Gasteiger partial charge < -0.3 is 15.1 Å². The molecule has 106 valence electrons. The second-order valence-electron chi connectivity index (χ2n) is 5.51. The Hall–Kier alpha value is -1.78. The third kappa shape index (κ3) is 2.32. The van der Waals surface area contributed by atoms with Crippen molar-refractivity contribution in [1.29, 1.82) is 0 Å². The van der Waals surface area contributed by atoms with Crippen molar-refractivity contribution in [2.45, 2.75) is 19.1 Å². The Morgan fingerprint density at radius 1 is 1.35 bits per heavy atom. The van der Waals surface area contributed by atoms with Gasteiger partial charge in [0.1, 0.15) is 5.76 Å². The summed E-state index contributed by atoms with van der Waals surface area (Å²) in [5, 5.41) is 0. The first kappa shape index (κ1) is 13.2. The minimum Gasteiger partial charge on any atom is -0.468 e. The molecule has 0 amide bonds. The highest BCUT2D eigenvalue weighted by molar-refractivity contribution is 5.52. The maximum absolute atomic E-state index is 6.01. The van der Waals surface area contributed by atoms with E-state index in [1.54, 1.807) is 6.26 Å². The zero-order valence-electron chi connectivity index (χ0n) is 12.0. The van der Waals surface area contributed by atoms with Gasteiger partial charge in [0.25, 0.3) is 0 Å². The molecule has 1 aromatic carbocycles. The summed E-state index contributed by atoms with van der Waals surface area (Å²) in [5.41, 5.74) is 9.96. The van der Waals surface area contributed by atoms with E-state index in [0.29, 0.717) is 6.54 Å². The average molecular weight is 271 g/mol. The molecular formula is C16H21N3O. The van der Waals surface area contributed by atoms with Crippen molar-refractivity contribution in [3.05, 3.63) is 53.5 Å². The highest BCUT2D eigenvalue weighted by Crippen LogP contribution is 2.36. The largest absolute Gasteiger partial charge is 0.468 e. The van der Waals surface area contributed by atoms with Gasteiger partial charge in [0.15, 0.2) is 0 Å². The Kier molecular flexibility index (Phi) is 3.51. The van der Waals surface area contributed by atoms with E-state index in [0.717, 1.165) is 18.8 Å². The molecule has 20 heavy (non-hydrogen) atoms. The van der Waals surface area contributed by atoms with E-state index in [4.69, 9.17) is 10.2 Å². The fourth-order valence-corrected chi connectivity index (χ4v) is 2.89. The van der Waals surface area contributed by atoms with Crippen molar-refractivity contribution in [3.8, 4) is 0 Å². The molecule has 1 unspecified atom stereocenters. The molecule has 2 N–H and O–H groups in total. The van der Waals surface area contributed by atoms with Crippen LogP contribution in [-0.4, -0.2) is 25.5 Å². The topological polar surface area (TPSA) is 45.6 Å². The zero-order valence-corrected chi connectivity index (χ0v) is 12.0. The summed E-state index contributed by atoms with van der Waals surface area (Å²) in [7, 11) is 4.13. The third-order valence-corrected chi connectivity index (χ3v) is 3.98. The van der Waals surface area contributed by atoms with Gasteiger partial charge in [0.2, 0.25) is 0 Å². The Balaban J connectivity index is 1.87. The van der Waals surface area contributed by atoms with E-state index in [9.17, 15) is 0 Å². The monoisotopic (exact) mass is 271 g/mol. The Morgan fingerprint density at radius 2 is 2.20 bits per heavy atom. The van der Waals surface area contributed by atoms with Crippen molar-refractivity contribution in [1.82, 2.24) is 4.90 Å². The predicted molar refractivity (Wildman–Crippen MR) is 80.5 cm³/mol. The molecule has 0 radical (unpaired) electrons. The molecular weight excluding hydrogens is 250 g/mol. The van der Waals surface area contributed by atoms with E-state index in [2.05, 4.69) is 42.1 Å². The number of furan rings is 1. The van der Waals surface area contributed by atoms with Crippen molar-refractivity contribution >= 4 is 5.69 Å². The molecule has 2 aromatic rings. The van der Waals surface area contributed by atoms with Crippen LogP contribution in [0.3, 0.4) is 0 Å². The first-order valence-corrected chi connectivity index (χ1v) is 6.95. The van der Waals surface area contributed by atoms with Gasteiger partial charge in [-0.15, -0.1) is 0 Å². The van der Waals surface area contributed by atoms with Gasteiger partial charge >= 0.3 is 0 Å². The van der Waals surface area contributed by atoms with Crippen molar-refractivity contribution in [3.63, 3.8) is 0 Å². The van der Waals surface area contributed by atoms with Crippen LogP contribution >= 0.6 is 0 Å². The molecule has 1 aromatic heterocycles. The second kappa shape index (κ2) is 5.31. The van der Waals surface area contributed by atoms with E-state index in [-0.39, 0.29) is 6.04 Å². The standard InChI is InChI=1S/C16H21N3O/c1-18(2)13-6-5-12-10-19(11-14-4-3-7-20-14)16(9-17)15(12)8-13/h3-8,16H,9-11,17H2,1-2H3. The Labute approximate surface area is 119 Å². The van der Waals surface area contributed by atoms with Crippen molar-refractivity contribution < 1.29 is 4.42 Å². The fourth-order valence-electron chi connectivity index (χ4n) is 2.89. The summed E-state index contributed by atoms with van der Waals surface area (Å²) in [4.78, 5) is 4.51. The molecule has 0 aliphatic carbocycles. The molecule has 3 rings (SSSR count). The van der Waals surface area contributed by atoms with E-state index >= 15 is 0 Å². The normalized spacial score (nSPS) is 18.2. The van der Waals surface area contributed by atoms with Crippen molar-refractivity contribution in [2.75, 3.05) is 25.5 Å². The van der Waals surface area contributed by atoms with E-state index in [1.165, 1.54) is 16.8 Å². The molecule has 1 atom stereocenters. The zero-order chi connectivity index (χ0) is 14.1. The SMILES string of the molecule is CN(C)c1ccc2c(c1)C(CN)N(Cc1ccco1)C2. The number of rotatable bonds is 4. The molecule has 0 spiro atoms. The van der Waals surface area contributed by atoms with Crippen molar-refractivity contribution in [2.24, 2.45) is 5.73 Å². The minimum absolute atomic E-state index is 0.273. The lowest BCUT2D eigenvalue weighted by atomic mass is 10.0. The maximum Gasteiger partial charge on any atom is 0.117 e. The number of nitrogens with two attached hydrogens (primary N) is 1. The van der Waals surface area contributed by atoms with Gasteiger partial charge in [0, 0.05) is 38.9 Å². The van der Waals surface area contributed by atoms with Crippen LogP contribution in [0, 0.1) is 0 Å². The van der Waals surface area contributed by atoms with E-state index in [1.807, 2.05) is 12.1 Å². The Bertz CT molecular complexity index is 577. The lowest BCUT2D eigenvalue weighted by Gasteiger charge is -2.23. The minimum atomic E-state index is 0.273. The van der Waals surface area contributed by atoms with Crippen LogP contribution in [0.5, 0.6) is 0 Å². The molecule has 4 heteroatoms. The first-order valence-electron chi connectivity index (χ1n) is 6.95. The van der Waals surface area contributed by atoms with Crippen LogP contribution in [0.4, 0.5) is 5.69 Å².